The van der Waals surface area contributed by atoms with Gasteiger partial charge in [0.2, 0.25) is 5.91 Å². The largest absolute Gasteiger partial charge is 0.356 e. The maximum Gasteiger partial charge on any atom is 0.220 e. The van der Waals surface area contributed by atoms with Gasteiger partial charge in [-0.2, -0.15) is 0 Å². The van der Waals surface area contributed by atoms with Crippen LogP contribution in [0.1, 0.15) is 25.0 Å². The molecule has 122 valence electrons. The van der Waals surface area contributed by atoms with Gasteiger partial charge in [-0.15, -0.1) is 0 Å². The highest BCUT2D eigenvalue weighted by atomic mass is 19.1. The average molecular weight is 317 g/mol. The van der Waals surface area contributed by atoms with Gasteiger partial charge in [0.05, 0.1) is 12.1 Å². The molecule has 1 aliphatic heterocycles. The summed E-state index contributed by atoms with van der Waals surface area (Å²) in [6.45, 7) is 2.25. The fraction of sp³-hybridized carbons (Fsp3) is 0.412. The molecule has 0 radical (unpaired) electrons. The molecular formula is C17H20FN3O2. The van der Waals surface area contributed by atoms with Gasteiger partial charge in [0.1, 0.15) is 11.5 Å². The Kier molecular flexibility index (Phi) is 5.02. The molecule has 3 rings (SSSR count). The topological polar surface area (TPSA) is 67.2 Å². The molecule has 2 N–H and O–H groups in total. The van der Waals surface area contributed by atoms with Gasteiger partial charge >= 0.3 is 0 Å². The number of aromatic nitrogens is 1. The van der Waals surface area contributed by atoms with Gasteiger partial charge in [-0.1, -0.05) is 17.3 Å². The lowest BCUT2D eigenvalue weighted by Gasteiger charge is -2.21. The first kappa shape index (κ1) is 15.7. The molecule has 1 aromatic heterocycles. The Bertz CT molecular complexity index is 665. The number of nitrogens with one attached hydrogen (secondary N) is 2. The molecular weight excluding hydrogens is 297 g/mol. The van der Waals surface area contributed by atoms with Crippen LogP contribution < -0.4 is 10.6 Å². The average Bonchev–Trinajstić information content (AvgIpc) is 3.03. The van der Waals surface area contributed by atoms with Gasteiger partial charge < -0.3 is 15.2 Å². The molecule has 1 aromatic carbocycles. The van der Waals surface area contributed by atoms with Crippen LogP contribution in [0.2, 0.25) is 0 Å². The van der Waals surface area contributed by atoms with E-state index in [1.807, 2.05) is 0 Å². The number of hydrogen-bond donors (Lipinski definition) is 2. The fourth-order valence-electron chi connectivity index (χ4n) is 2.79. The van der Waals surface area contributed by atoms with Crippen molar-refractivity contribution in [2.24, 2.45) is 5.92 Å². The van der Waals surface area contributed by atoms with Crippen molar-refractivity contribution < 1.29 is 13.7 Å². The lowest BCUT2D eigenvalue weighted by Crippen LogP contribution is -2.32. The van der Waals surface area contributed by atoms with Crippen molar-refractivity contribution in [3.63, 3.8) is 0 Å². The first-order valence-electron chi connectivity index (χ1n) is 7.90. The zero-order chi connectivity index (χ0) is 16.1. The summed E-state index contributed by atoms with van der Waals surface area (Å²) in [7, 11) is 0. The minimum absolute atomic E-state index is 0.0207. The van der Waals surface area contributed by atoms with Gasteiger partial charge in [-0.3, -0.25) is 4.79 Å². The zero-order valence-electron chi connectivity index (χ0n) is 12.8. The third-order valence-corrected chi connectivity index (χ3v) is 4.10. The lowest BCUT2D eigenvalue weighted by atomic mass is 9.94. The Morgan fingerprint density at radius 2 is 2.13 bits per heavy atom. The summed E-state index contributed by atoms with van der Waals surface area (Å²) < 4.78 is 18.9. The molecule has 23 heavy (non-hydrogen) atoms. The van der Waals surface area contributed by atoms with E-state index in [2.05, 4.69) is 15.8 Å². The van der Waals surface area contributed by atoms with E-state index in [9.17, 15) is 9.18 Å². The highest BCUT2D eigenvalue weighted by molar-refractivity contribution is 5.76. The number of carbonyl (C=O) groups is 1. The third-order valence-electron chi connectivity index (χ3n) is 4.10. The van der Waals surface area contributed by atoms with Crippen molar-refractivity contribution in [1.82, 2.24) is 15.8 Å². The summed E-state index contributed by atoms with van der Waals surface area (Å²) in [4.78, 5) is 12.0. The summed E-state index contributed by atoms with van der Waals surface area (Å²) in [6.07, 6.45) is 2.61. The monoisotopic (exact) mass is 317 g/mol. The van der Waals surface area contributed by atoms with E-state index < -0.39 is 0 Å². The minimum Gasteiger partial charge on any atom is -0.356 e. The number of nitrogens with zero attached hydrogens (tertiary/aromatic N) is 1. The quantitative estimate of drug-likeness (QED) is 0.889. The van der Waals surface area contributed by atoms with Gasteiger partial charge in [0.25, 0.3) is 0 Å². The minimum atomic E-state index is -0.356. The summed E-state index contributed by atoms with van der Waals surface area (Å²) in [5.74, 6) is 0.478. The summed E-state index contributed by atoms with van der Waals surface area (Å²) in [6, 6.07) is 8.02. The first-order valence-corrected chi connectivity index (χ1v) is 7.90. The van der Waals surface area contributed by atoms with Crippen LogP contribution in [0.5, 0.6) is 0 Å². The third kappa shape index (κ3) is 4.16. The van der Waals surface area contributed by atoms with E-state index in [1.165, 1.54) is 6.07 Å². The second-order valence-corrected chi connectivity index (χ2v) is 5.84. The van der Waals surface area contributed by atoms with Crippen molar-refractivity contribution in [2.45, 2.75) is 25.8 Å². The molecule has 1 aliphatic rings. The smallest absolute Gasteiger partial charge is 0.220 e. The molecule has 5 nitrogen and oxygen atoms in total. The molecule has 2 heterocycles. The number of halogens is 1. The standard InChI is InChI=1S/C17H20FN3O2/c18-15-4-2-1-3-14(15)16-10-13(21-23-16)11-20-17(22)9-12-5-7-19-8-6-12/h1-4,10,12,19H,5-9,11H2,(H,20,22). The van der Waals surface area contributed by atoms with E-state index >= 15 is 0 Å². The van der Waals surface area contributed by atoms with Crippen LogP contribution in [-0.4, -0.2) is 24.2 Å². The molecule has 2 aromatic rings. The number of piperidine rings is 1. The highest BCUT2D eigenvalue weighted by Gasteiger charge is 2.17. The van der Waals surface area contributed by atoms with Crippen LogP contribution in [0.25, 0.3) is 11.3 Å². The van der Waals surface area contributed by atoms with Crippen LogP contribution in [0.4, 0.5) is 4.39 Å². The molecule has 0 atom stereocenters. The molecule has 0 aliphatic carbocycles. The molecule has 1 saturated heterocycles. The number of carbonyl (C=O) groups excluding carboxylic acids is 1. The predicted octanol–water partition coefficient (Wildman–Crippen LogP) is 2.49. The molecule has 0 saturated carbocycles. The van der Waals surface area contributed by atoms with Crippen molar-refractivity contribution in [2.75, 3.05) is 13.1 Å². The Balaban J connectivity index is 1.53. The Labute approximate surface area is 134 Å². The molecule has 6 heteroatoms. The number of benzene rings is 1. The Morgan fingerprint density at radius 3 is 2.91 bits per heavy atom. The van der Waals surface area contributed by atoms with Crippen molar-refractivity contribution in [3.8, 4) is 11.3 Å². The second-order valence-electron chi connectivity index (χ2n) is 5.84. The number of amides is 1. The predicted molar refractivity (Wildman–Crippen MR) is 84.0 cm³/mol. The van der Waals surface area contributed by atoms with Crippen LogP contribution in [0.15, 0.2) is 34.9 Å². The number of hydrogen-bond acceptors (Lipinski definition) is 4. The van der Waals surface area contributed by atoms with E-state index in [1.54, 1.807) is 24.3 Å². The molecule has 1 amide bonds. The van der Waals surface area contributed by atoms with E-state index in [0.29, 0.717) is 35.9 Å². The van der Waals surface area contributed by atoms with Crippen molar-refractivity contribution in [1.29, 1.82) is 0 Å². The molecule has 0 unspecified atom stereocenters. The van der Waals surface area contributed by atoms with Crippen LogP contribution >= 0.6 is 0 Å². The fourth-order valence-corrected chi connectivity index (χ4v) is 2.79. The lowest BCUT2D eigenvalue weighted by molar-refractivity contribution is -0.122. The van der Waals surface area contributed by atoms with E-state index in [4.69, 9.17) is 4.52 Å². The molecule has 0 spiro atoms. The number of rotatable bonds is 5. The van der Waals surface area contributed by atoms with E-state index in [-0.39, 0.29) is 11.7 Å². The van der Waals surface area contributed by atoms with Gasteiger partial charge in [0, 0.05) is 12.5 Å². The van der Waals surface area contributed by atoms with Crippen molar-refractivity contribution in [3.05, 3.63) is 41.8 Å². The maximum absolute atomic E-state index is 13.7. The summed E-state index contributed by atoms with van der Waals surface area (Å²) in [5, 5.41) is 10.0. The van der Waals surface area contributed by atoms with Crippen LogP contribution in [0, 0.1) is 11.7 Å². The van der Waals surface area contributed by atoms with Gasteiger partial charge in [-0.25, -0.2) is 4.39 Å². The second kappa shape index (κ2) is 7.37. The maximum atomic E-state index is 13.7. The van der Waals surface area contributed by atoms with E-state index in [0.717, 1.165) is 25.9 Å². The summed E-state index contributed by atoms with van der Waals surface area (Å²) in [5.41, 5.74) is 0.953. The highest BCUT2D eigenvalue weighted by Crippen LogP contribution is 2.23. The normalized spacial score (nSPS) is 15.5. The Hall–Kier alpha value is -2.21. The van der Waals surface area contributed by atoms with Crippen molar-refractivity contribution >= 4 is 5.91 Å². The summed E-state index contributed by atoms with van der Waals surface area (Å²) >= 11 is 0. The first-order chi connectivity index (χ1) is 11.2. The molecule has 1 fully saturated rings. The van der Waals surface area contributed by atoms with Gasteiger partial charge in [0.15, 0.2) is 5.76 Å². The zero-order valence-corrected chi connectivity index (χ0v) is 12.8. The SMILES string of the molecule is O=C(CC1CCNCC1)NCc1cc(-c2ccccc2F)on1. The molecule has 0 bridgehead atoms. The van der Waals surface area contributed by atoms with Crippen LogP contribution in [0.3, 0.4) is 0 Å². The van der Waals surface area contributed by atoms with Crippen LogP contribution in [-0.2, 0) is 11.3 Å². The van der Waals surface area contributed by atoms with Gasteiger partial charge in [-0.05, 0) is 44.0 Å². The Morgan fingerprint density at radius 1 is 1.35 bits per heavy atom.